The summed E-state index contributed by atoms with van der Waals surface area (Å²) in [6.07, 6.45) is 8.69. The molecule has 3 heterocycles. The van der Waals surface area contributed by atoms with Gasteiger partial charge in [-0.1, -0.05) is 24.0 Å². The Hall–Kier alpha value is -3.41. The molecule has 5 rings (SSSR count). The van der Waals surface area contributed by atoms with Crippen LogP contribution in [-0.4, -0.2) is 50.4 Å². The van der Waals surface area contributed by atoms with Gasteiger partial charge >= 0.3 is 0 Å². The lowest BCUT2D eigenvalue weighted by molar-refractivity contribution is -0.0743. The number of aromatic hydroxyl groups is 1. The Balaban J connectivity index is 1.23. The van der Waals surface area contributed by atoms with Crippen molar-refractivity contribution in [2.75, 3.05) is 18.8 Å². The second kappa shape index (κ2) is 9.84. The quantitative estimate of drug-likeness (QED) is 0.503. The maximum atomic E-state index is 10.2. The minimum atomic E-state index is -0.0632. The molecule has 1 aromatic carbocycles. The van der Waals surface area contributed by atoms with Crippen molar-refractivity contribution in [3.05, 3.63) is 42.7 Å². The van der Waals surface area contributed by atoms with Crippen molar-refractivity contribution in [1.29, 1.82) is 0 Å². The highest BCUT2D eigenvalue weighted by atomic mass is 16.5. The van der Waals surface area contributed by atoms with E-state index in [1.165, 1.54) is 0 Å². The van der Waals surface area contributed by atoms with Gasteiger partial charge in [0.2, 0.25) is 0 Å². The van der Waals surface area contributed by atoms with Crippen LogP contribution in [0, 0.1) is 17.8 Å². The summed E-state index contributed by atoms with van der Waals surface area (Å²) in [5, 5.41) is 26.3. The van der Waals surface area contributed by atoms with Crippen molar-refractivity contribution in [1.82, 2.24) is 25.3 Å². The van der Waals surface area contributed by atoms with Gasteiger partial charge in [-0.3, -0.25) is 4.68 Å². The highest BCUT2D eigenvalue weighted by Gasteiger charge is 2.31. The zero-order chi connectivity index (χ0) is 23.5. The van der Waals surface area contributed by atoms with Crippen LogP contribution in [0.4, 0.5) is 5.82 Å². The van der Waals surface area contributed by atoms with Crippen molar-refractivity contribution in [2.24, 2.45) is 5.92 Å². The molecule has 1 aliphatic carbocycles. The number of nitrogen functional groups attached to an aromatic ring is 1. The molecule has 0 spiro atoms. The second-order valence-corrected chi connectivity index (χ2v) is 9.10. The fourth-order valence-electron chi connectivity index (χ4n) is 4.45. The van der Waals surface area contributed by atoms with Gasteiger partial charge in [0.25, 0.3) is 0 Å². The number of benzene rings is 1. The Morgan fingerprint density at radius 3 is 2.74 bits per heavy atom. The summed E-state index contributed by atoms with van der Waals surface area (Å²) in [6, 6.07) is 8.79. The SMILES string of the molecule is C[C@H](C#CC1CC(OC2CCNCC2)C1)n1cc(-c2cc(-c3ccccc3O)nnc2N)cn1. The first-order valence-electron chi connectivity index (χ1n) is 11.9. The molecular formula is C26H30N6O2. The van der Waals surface area contributed by atoms with Crippen LogP contribution in [0.3, 0.4) is 0 Å². The first-order valence-corrected chi connectivity index (χ1v) is 11.9. The molecular weight excluding hydrogens is 428 g/mol. The van der Waals surface area contributed by atoms with E-state index in [0.717, 1.165) is 49.9 Å². The molecule has 1 aliphatic heterocycles. The lowest BCUT2D eigenvalue weighted by Gasteiger charge is -2.36. The summed E-state index contributed by atoms with van der Waals surface area (Å²) < 4.78 is 8.03. The van der Waals surface area contributed by atoms with Gasteiger partial charge in [-0.05, 0) is 63.9 Å². The Morgan fingerprint density at radius 1 is 1.15 bits per heavy atom. The van der Waals surface area contributed by atoms with Crippen molar-refractivity contribution >= 4 is 5.82 Å². The fourth-order valence-corrected chi connectivity index (χ4v) is 4.45. The highest BCUT2D eigenvalue weighted by Crippen LogP contribution is 2.33. The molecule has 0 radical (unpaired) electrons. The van der Waals surface area contributed by atoms with Gasteiger partial charge in [-0.15, -0.1) is 10.2 Å². The monoisotopic (exact) mass is 458 g/mol. The topological polar surface area (TPSA) is 111 Å². The molecule has 0 unspecified atom stereocenters. The number of rotatable bonds is 5. The van der Waals surface area contributed by atoms with Gasteiger partial charge < -0.3 is 20.9 Å². The van der Waals surface area contributed by atoms with E-state index >= 15 is 0 Å². The van der Waals surface area contributed by atoms with Crippen molar-refractivity contribution in [3.63, 3.8) is 0 Å². The zero-order valence-electron chi connectivity index (χ0n) is 19.3. The number of ether oxygens (including phenoxy) is 1. The number of hydrogen-bond acceptors (Lipinski definition) is 7. The number of anilines is 1. The van der Waals surface area contributed by atoms with E-state index in [1.54, 1.807) is 24.4 Å². The van der Waals surface area contributed by atoms with Crippen molar-refractivity contribution < 1.29 is 9.84 Å². The minimum Gasteiger partial charge on any atom is -0.507 e. The first-order chi connectivity index (χ1) is 16.6. The number of nitrogens with zero attached hydrogens (tertiary/aromatic N) is 4. The minimum absolute atomic E-state index is 0.0632. The Bertz CT molecular complexity index is 1200. The van der Waals surface area contributed by atoms with Gasteiger partial charge in [-0.25, -0.2) is 0 Å². The van der Waals surface area contributed by atoms with Crippen LogP contribution < -0.4 is 11.1 Å². The molecule has 1 saturated heterocycles. The fraction of sp³-hybridized carbons (Fsp3) is 0.423. The number of nitrogens with one attached hydrogen (secondary N) is 1. The van der Waals surface area contributed by atoms with E-state index in [-0.39, 0.29) is 11.8 Å². The van der Waals surface area contributed by atoms with Crippen LogP contribution in [0.25, 0.3) is 22.4 Å². The highest BCUT2D eigenvalue weighted by molar-refractivity contribution is 5.78. The third-order valence-corrected chi connectivity index (χ3v) is 6.57. The van der Waals surface area contributed by atoms with Crippen LogP contribution in [0.5, 0.6) is 5.75 Å². The summed E-state index contributed by atoms with van der Waals surface area (Å²) in [4.78, 5) is 0. The molecule has 34 heavy (non-hydrogen) atoms. The van der Waals surface area contributed by atoms with E-state index in [4.69, 9.17) is 10.5 Å². The van der Waals surface area contributed by atoms with E-state index in [1.807, 2.05) is 29.9 Å². The van der Waals surface area contributed by atoms with Crippen LogP contribution in [0.15, 0.2) is 42.7 Å². The maximum absolute atomic E-state index is 10.2. The third-order valence-electron chi connectivity index (χ3n) is 6.57. The summed E-state index contributed by atoms with van der Waals surface area (Å²) in [5.74, 6) is 7.60. The molecule has 3 aromatic rings. The first kappa shape index (κ1) is 22.4. The van der Waals surface area contributed by atoms with Crippen LogP contribution >= 0.6 is 0 Å². The molecule has 4 N–H and O–H groups in total. The van der Waals surface area contributed by atoms with Crippen molar-refractivity contribution in [2.45, 2.75) is 50.9 Å². The van der Waals surface area contributed by atoms with Gasteiger partial charge in [0, 0.05) is 28.8 Å². The summed E-state index contributed by atoms with van der Waals surface area (Å²) in [6.45, 7) is 4.15. The van der Waals surface area contributed by atoms with E-state index in [2.05, 4.69) is 32.5 Å². The number of phenolic OH excluding ortho intramolecular Hbond substituents is 1. The number of nitrogens with two attached hydrogens (primary N) is 1. The summed E-state index contributed by atoms with van der Waals surface area (Å²) >= 11 is 0. The van der Waals surface area contributed by atoms with Gasteiger partial charge in [0.05, 0.1) is 24.1 Å². The maximum Gasteiger partial charge on any atom is 0.154 e. The predicted octanol–water partition coefficient (Wildman–Crippen LogP) is 3.41. The summed E-state index contributed by atoms with van der Waals surface area (Å²) in [7, 11) is 0. The van der Waals surface area contributed by atoms with Crippen LogP contribution in [0.2, 0.25) is 0 Å². The normalized spacial score (nSPS) is 21.3. The van der Waals surface area contributed by atoms with Gasteiger partial charge in [0.15, 0.2) is 5.82 Å². The smallest absolute Gasteiger partial charge is 0.154 e. The molecule has 0 bridgehead atoms. The van der Waals surface area contributed by atoms with Crippen molar-refractivity contribution in [3.8, 4) is 40.0 Å². The van der Waals surface area contributed by atoms with E-state index < -0.39 is 0 Å². The molecule has 0 amide bonds. The van der Waals surface area contributed by atoms with E-state index in [0.29, 0.717) is 35.2 Å². The van der Waals surface area contributed by atoms with E-state index in [9.17, 15) is 5.11 Å². The second-order valence-electron chi connectivity index (χ2n) is 9.10. The lowest BCUT2D eigenvalue weighted by Crippen LogP contribution is -2.39. The summed E-state index contributed by atoms with van der Waals surface area (Å²) in [5.41, 5.74) is 8.81. The Labute approximate surface area is 199 Å². The van der Waals surface area contributed by atoms with Crippen LogP contribution in [-0.2, 0) is 4.74 Å². The number of piperidine rings is 1. The third kappa shape index (κ3) is 4.91. The van der Waals surface area contributed by atoms with Gasteiger partial charge in [-0.2, -0.15) is 5.10 Å². The molecule has 2 aromatic heterocycles. The number of phenols is 1. The largest absolute Gasteiger partial charge is 0.507 e. The standard InChI is InChI=1S/C26H30N6O2/c1-17(6-7-18-12-21(13-18)34-20-8-10-28-11-9-20)32-16-19(15-29-32)23-14-24(30-31-26(23)27)22-4-2-3-5-25(22)33/h2-5,14-18,20-21,28,33H,8-13H2,1H3,(H2,27,31)/t17-,18?,21?/m1/s1. The van der Waals surface area contributed by atoms with Crippen LogP contribution in [0.1, 0.15) is 38.6 Å². The number of hydrogen-bond donors (Lipinski definition) is 3. The molecule has 176 valence electrons. The average Bonchev–Trinajstić information content (AvgIpc) is 3.32. The number of para-hydroxylation sites is 1. The Morgan fingerprint density at radius 2 is 1.94 bits per heavy atom. The molecule has 1 atom stereocenters. The average molecular weight is 459 g/mol. The molecule has 2 aliphatic rings. The Kier molecular flexibility index (Phi) is 6.48. The zero-order valence-corrected chi connectivity index (χ0v) is 19.3. The molecule has 1 saturated carbocycles. The lowest BCUT2D eigenvalue weighted by atomic mass is 9.82. The molecule has 2 fully saturated rings. The predicted molar refractivity (Wildman–Crippen MR) is 131 cm³/mol. The number of aromatic nitrogens is 4. The molecule has 8 heteroatoms. The van der Waals surface area contributed by atoms with Gasteiger partial charge in [0.1, 0.15) is 11.8 Å². The molecule has 8 nitrogen and oxygen atoms in total.